The molecule has 0 amide bonds. The number of halogens is 1. The Morgan fingerprint density at radius 1 is 1.25 bits per heavy atom. The van der Waals surface area contributed by atoms with Crippen LogP contribution in [0.4, 0.5) is 0 Å². The lowest BCUT2D eigenvalue weighted by atomic mass is 10.0. The number of benzene rings is 1. The Kier molecular flexibility index (Phi) is 3.22. The molecule has 2 aromatic rings. The maximum atomic E-state index is 10.1. The third-order valence-electron chi connectivity index (χ3n) is 2.47. The Morgan fingerprint density at radius 3 is 2.69 bits per heavy atom. The maximum absolute atomic E-state index is 10.1. The van der Waals surface area contributed by atoms with Gasteiger partial charge in [0, 0.05) is 11.2 Å². The van der Waals surface area contributed by atoms with E-state index in [9.17, 15) is 5.11 Å². The van der Waals surface area contributed by atoms with Gasteiger partial charge in [0.25, 0.3) is 0 Å². The topological polar surface area (TPSA) is 33.1 Å². The fourth-order valence-corrected chi connectivity index (χ4v) is 1.66. The molecule has 2 rings (SSSR count). The molecule has 1 heterocycles. The van der Waals surface area contributed by atoms with Gasteiger partial charge in [0.1, 0.15) is 6.10 Å². The highest BCUT2D eigenvalue weighted by molar-refractivity contribution is 6.31. The maximum Gasteiger partial charge on any atom is 0.121 e. The van der Waals surface area contributed by atoms with E-state index in [0.29, 0.717) is 10.7 Å². The molecule has 0 aliphatic rings. The standard InChI is InChI=1S/C13H12ClNO/c1-9-8-10(5-6-11(9)14)13(16)12-4-2-3-7-15-12/h2-8,13,16H,1H3. The molecule has 0 saturated heterocycles. The van der Waals surface area contributed by atoms with Crippen molar-refractivity contribution in [2.24, 2.45) is 0 Å². The van der Waals surface area contributed by atoms with Gasteiger partial charge in [0.05, 0.1) is 5.69 Å². The van der Waals surface area contributed by atoms with Crippen LogP contribution in [-0.2, 0) is 0 Å². The number of hydrogen-bond donors (Lipinski definition) is 1. The van der Waals surface area contributed by atoms with Crippen molar-refractivity contribution in [1.82, 2.24) is 4.98 Å². The summed E-state index contributed by atoms with van der Waals surface area (Å²) in [5.41, 5.74) is 2.40. The molecule has 0 spiro atoms. The number of aliphatic hydroxyl groups excluding tert-OH is 1. The molecule has 0 aliphatic heterocycles. The fraction of sp³-hybridized carbons (Fsp3) is 0.154. The molecule has 2 nitrogen and oxygen atoms in total. The Labute approximate surface area is 99.5 Å². The quantitative estimate of drug-likeness (QED) is 0.865. The van der Waals surface area contributed by atoms with Crippen molar-refractivity contribution >= 4 is 11.6 Å². The van der Waals surface area contributed by atoms with Gasteiger partial charge in [-0.05, 0) is 36.2 Å². The lowest BCUT2D eigenvalue weighted by Gasteiger charge is -2.11. The van der Waals surface area contributed by atoms with E-state index in [1.54, 1.807) is 18.3 Å². The van der Waals surface area contributed by atoms with Crippen molar-refractivity contribution in [3.05, 3.63) is 64.4 Å². The summed E-state index contributed by atoms with van der Waals surface area (Å²) in [7, 11) is 0. The minimum absolute atomic E-state index is 0.643. The van der Waals surface area contributed by atoms with Crippen LogP contribution in [0.3, 0.4) is 0 Å². The van der Waals surface area contributed by atoms with Crippen LogP contribution in [0.5, 0.6) is 0 Å². The molecular formula is C13H12ClNO. The summed E-state index contributed by atoms with van der Waals surface area (Å²) in [6, 6.07) is 11.0. The summed E-state index contributed by atoms with van der Waals surface area (Å²) in [6.45, 7) is 1.91. The summed E-state index contributed by atoms with van der Waals surface area (Å²) in [4.78, 5) is 4.12. The van der Waals surface area contributed by atoms with Gasteiger partial charge in [0.15, 0.2) is 0 Å². The van der Waals surface area contributed by atoms with Crippen LogP contribution in [0.25, 0.3) is 0 Å². The molecule has 0 fully saturated rings. The van der Waals surface area contributed by atoms with Crippen molar-refractivity contribution in [2.75, 3.05) is 0 Å². The summed E-state index contributed by atoms with van der Waals surface area (Å²) in [5.74, 6) is 0. The number of hydrogen-bond acceptors (Lipinski definition) is 2. The molecule has 1 aromatic carbocycles. The minimum Gasteiger partial charge on any atom is -0.382 e. The summed E-state index contributed by atoms with van der Waals surface area (Å²) >= 11 is 5.93. The lowest BCUT2D eigenvalue weighted by Crippen LogP contribution is -2.02. The molecule has 1 aromatic heterocycles. The Balaban J connectivity index is 2.34. The molecule has 82 valence electrons. The number of aromatic nitrogens is 1. The predicted molar refractivity (Wildman–Crippen MR) is 64.5 cm³/mol. The van der Waals surface area contributed by atoms with E-state index in [2.05, 4.69) is 4.98 Å². The molecule has 0 aliphatic carbocycles. The Bertz CT molecular complexity index is 485. The van der Waals surface area contributed by atoms with E-state index in [1.165, 1.54) is 0 Å². The Hall–Kier alpha value is -1.38. The van der Waals surface area contributed by atoms with E-state index < -0.39 is 6.10 Å². The van der Waals surface area contributed by atoms with Crippen molar-refractivity contribution in [3.8, 4) is 0 Å². The zero-order valence-electron chi connectivity index (χ0n) is 8.89. The smallest absolute Gasteiger partial charge is 0.121 e. The average Bonchev–Trinajstić information content (AvgIpc) is 2.33. The largest absolute Gasteiger partial charge is 0.382 e. The van der Waals surface area contributed by atoms with Gasteiger partial charge in [-0.2, -0.15) is 0 Å². The van der Waals surface area contributed by atoms with Crippen molar-refractivity contribution in [3.63, 3.8) is 0 Å². The van der Waals surface area contributed by atoms with Crippen LogP contribution < -0.4 is 0 Å². The second-order valence-corrected chi connectivity index (χ2v) is 4.07. The van der Waals surface area contributed by atoms with E-state index in [1.807, 2.05) is 31.2 Å². The van der Waals surface area contributed by atoms with Crippen LogP contribution in [0, 0.1) is 6.92 Å². The van der Waals surface area contributed by atoms with E-state index in [4.69, 9.17) is 11.6 Å². The molecule has 1 N–H and O–H groups in total. The highest BCUT2D eigenvalue weighted by Gasteiger charge is 2.11. The van der Waals surface area contributed by atoms with Crippen LogP contribution in [0.2, 0.25) is 5.02 Å². The van der Waals surface area contributed by atoms with E-state index in [0.717, 1.165) is 11.1 Å². The molecule has 0 radical (unpaired) electrons. The zero-order valence-corrected chi connectivity index (χ0v) is 9.65. The molecule has 3 heteroatoms. The highest BCUT2D eigenvalue weighted by atomic mass is 35.5. The summed E-state index contributed by atoms with van der Waals surface area (Å²) in [6.07, 6.45) is 0.971. The molecule has 0 saturated carbocycles. The predicted octanol–water partition coefficient (Wildman–Crippen LogP) is 3.13. The van der Waals surface area contributed by atoms with Gasteiger partial charge in [0.2, 0.25) is 0 Å². The first-order chi connectivity index (χ1) is 7.68. The summed E-state index contributed by atoms with van der Waals surface area (Å²) < 4.78 is 0. The third kappa shape index (κ3) is 2.23. The van der Waals surface area contributed by atoms with Gasteiger partial charge >= 0.3 is 0 Å². The molecule has 1 atom stereocenters. The van der Waals surface area contributed by atoms with Crippen LogP contribution in [-0.4, -0.2) is 10.1 Å². The van der Waals surface area contributed by atoms with Gasteiger partial charge < -0.3 is 5.11 Å². The average molecular weight is 234 g/mol. The van der Waals surface area contributed by atoms with Crippen LogP contribution in [0.15, 0.2) is 42.6 Å². The first kappa shape index (κ1) is 11.1. The highest BCUT2D eigenvalue weighted by Crippen LogP contribution is 2.24. The number of aryl methyl sites for hydroxylation is 1. The number of rotatable bonds is 2. The van der Waals surface area contributed by atoms with Crippen molar-refractivity contribution < 1.29 is 5.11 Å². The first-order valence-electron chi connectivity index (χ1n) is 5.03. The monoisotopic (exact) mass is 233 g/mol. The van der Waals surface area contributed by atoms with Gasteiger partial charge in [-0.1, -0.05) is 29.8 Å². The van der Waals surface area contributed by atoms with Gasteiger partial charge in [-0.3, -0.25) is 4.98 Å². The van der Waals surface area contributed by atoms with Crippen molar-refractivity contribution in [2.45, 2.75) is 13.0 Å². The van der Waals surface area contributed by atoms with Crippen molar-refractivity contribution in [1.29, 1.82) is 0 Å². The molecule has 1 unspecified atom stereocenters. The number of nitrogens with zero attached hydrogens (tertiary/aromatic N) is 1. The van der Waals surface area contributed by atoms with E-state index in [-0.39, 0.29) is 0 Å². The Morgan fingerprint density at radius 2 is 2.06 bits per heavy atom. The van der Waals surface area contributed by atoms with Gasteiger partial charge in [-0.25, -0.2) is 0 Å². The summed E-state index contributed by atoms with van der Waals surface area (Å²) in [5, 5.41) is 10.8. The fourth-order valence-electron chi connectivity index (χ4n) is 1.55. The SMILES string of the molecule is Cc1cc(C(O)c2ccccn2)ccc1Cl. The first-order valence-corrected chi connectivity index (χ1v) is 5.41. The molecule has 16 heavy (non-hydrogen) atoms. The molecular weight excluding hydrogens is 222 g/mol. The second kappa shape index (κ2) is 4.64. The minimum atomic E-state index is -0.697. The normalized spacial score (nSPS) is 12.4. The van der Waals surface area contributed by atoms with E-state index >= 15 is 0 Å². The number of aliphatic hydroxyl groups is 1. The van der Waals surface area contributed by atoms with Crippen LogP contribution in [0.1, 0.15) is 22.9 Å². The van der Waals surface area contributed by atoms with Crippen LogP contribution >= 0.6 is 11.6 Å². The molecule has 0 bridgehead atoms. The zero-order chi connectivity index (χ0) is 11.5. The van der Waals surface area contributed by atoms with Gasteiger partial charge in [-0.15, -0.1) is 0 Å². The third-order valence-corrected chi connectivity index (χ3v) is 2.89. The number of pyridine rings is 1. The lowest BCUT2D eigenvalue weighted by molar-refractivity contribution is 0.215. The second-order valence-electron chi connectivity index (χ2n) is 3.67.